The number of ether oxygens (including phenoxy) is 2. The molecule has 0 radical (unpaired) electrons. The molecule has 1 heterocycles. The molecular weight excluding hydrogens is 408 g/mol. The van der Waals surface area contributed by atoms with Crippen molar-refractivity contribution < 1.29 is 14.3 Å². The Morgan fingerprint density at radius 3 is 2.55 bits per heavy atom. The largest absolute Gasteiger partial charge is 0.497 e. The Bertz CT molecular complexity index is 1010. The first-order valence-electron chi connectivity index (χ1n) is 10.5. The number of rotatable bonds is 9. The van der Waals surface area contributed by atoms with Gasteiger partial charge in [-0.15, -0.1) is 11.3 Å². The average molecular weight is 439 g/mol. The molecule has 31 heavy (non-hydrogen) atoms. The number of carbonyl (C=O) groups is 1. The van der Waals surface area contributed by atoms with Crippen molar-refractivity contribution in [1.29, 1.82) is 0 Å². The molecule has 0 aliphatic rings. The van der Waals surface area contributed by atoms with Gasteiger partial charge in [-0.2, -0.15) is 0 Å². The van der Waals surface area contributed by atoms with Crippen LogP contribution in [0.5, 0.6) is 11.5 Å². The van der Waals surface area contributed by atoms with E-state index in [9.17, 15) is 4.79 Å². The standard InChI is InChI=1S/C25H30N2O3S/c1-6-19(4)27(25(28)20-8-7-9-22(13-20)29-5)14-21-16-31-24(26-21)15-30-23-11-17(2)10-18(3)12-23/h7-13,16,19H,6,14-15H2,1-5H3. The van der Waals surface area contributed by atoms with Gasteiger partial charge in [-0.25, -0.2) is 4.98 Å². The minimum atomic E-state index is -0.0192. The van der Waals surface area contributed by atoms with Gasteiger partial charge in [0.1, 0.15) is 23.1 Å². The van der Waals surface area contributed by atoms with E-state index in [-0.39, 0.29) is 11.9 Å². The molecule has 2 aromatic carbocycles. The second kappa shape index (κ2) is 10.4. The summed E-state index contributed by atoms with van der Waals surface area (Å²) in [7, 11) is 1.60. The number of hydrogen-bond acceptors (Lipinski definition) is 5. The van der Waals surface area contributed by atoms with Crippen molar-refractivity contribution in [1.82, 2.24) is 9.88 Å². The number of nitrogens with zero attached hydrogens (tertiary/aromatic N) is 2. The van der Waals surface area contributed by atoms with Crippen LogP contribution in [-0.2, 0) is 13.2 Å². The fraction of sp³-hybridized carbons (Fsp3) is 0.360. The Kier molecular flexibility index (Phi) is 7.69. The highest BCUT2D eigenvalue weighted by Crippen LogP contribution is 2.22. The van der Waals surface area contributed by atoms with Crippen LogP contribution in [0, 0.1) is 13.8 Å². The fourth-order valence-corrected chi connectivity index (χ4v) is 4.09. The summed E-state index contributed by atoms with van der Waals surface area (Å²) in [6.07, 6.45) is 0.864. The van der Waals surface area contributed by atoms with E-state index < -0.39 is 0 Å². The third-order valence-corrected chi connectivity index (χ3v) is 6.06. The van der Waals surface area contributed by atoms with Gasteiger partial charge in [-0.3, -0.25) is 4.79 Å². The van der Waals surface area contributed by atoms with Crippen LogP contribution in [0.1, 0.15) is 52.5 Å². The average Bonchev–Trinajstić information content (AvgIpc) is 3.22. The molecule has 3 aromatic rings. The third-order valence-electron chi connectivity index (χ3n) is 5.19. The zero-order valence-corrected chi connectivity index (χ0v) is 19.7. The van der Waals surface area contributed by atoms with E-state index in [1.165, 1.54) is 11.1 Å². The van der Waals surface area contributed by atoms with Crippen LogP contribution in [0.4, 0.5) is 0 Å². The number of aromatic nitrogens is 1. The molecular formula is C25H30N2O3S. The highest BCUT2D eigenvalue weighted by atomic mass is 32.1. The molecule has 0 fully saturated rings. The van der Waals surface area contributed by atoms with Gasteiger partial charge < -0.3 is 14.4 Å². The van der Waals surface area contributed by atoms with Crippen LogP contribution in [0.15, 0.2) is 47.8 Å². The second-order valence-electron chi connectivity index (χ2n) is 7.77. The molecule has 1 aromatic heterocycles. The first-order valence-corrected chi connectivity index (χ1v) is 11.4. The normalized spacial score (nSPS) is 11.8. The van der Waals surface area contributed by atoms with E-state index in [1.807, 2.05) is 40.6 Å². The van der Waals surface area contributed by atoms with Crippen LogP contribution in [0.25, 0.3) is 0 Å². The molecule has 0 saturated carbocycles. The van der Waals surface area contributed by atoms with Gasteiger partial charge in [0.25, 0.3) is 5.91 Å². The van der Waals surface area contributed by atoms with E-state index in [0.717, 1.165) is 22.9 Å². The van der Waals surface area contributed by atoms with E-state index in [1.54, 1.807) is 24.5 Å². The summed E-state index contributed by atoms with van der Waals surface area (Å²) in [5.74, 6) is 1.51. The molecule has 0 N–H and O–H groups in total. The van der Waals surface area contributed by atoms with Gasteiger partial charge in [0.15, 0.2) is 0 Å². The van der Waals surface area contributed by atoms with Crippen molar-refractivity contribution >= 4 is 17.2 Å². The Labute approximate surface area is 188 Å². The van der Waals surface area contributed by atoms with Crippen LogP contribution in [0.3, 0.4) is 0 Å². The Morgan fingerprint density at radius 1 is 1.13 bits per heavy atom. The summed E-state index contributed by atoms with van der Waals surface area (Å²) in [6, 6.07) is 13.6. The van der Waals surface area contributed by atoms with E-state index in [4.69, 9.17) is 14.5 Å². The van der Waals surface area contributed by atoms with Gasteiger partial charge in [0.05, 0.1) is 19.3 Å². The Hall–Kier alpha value is -2.86. The number of benzene rings is 2. The van der Waals surface area contributed by atoms with Gasteiger partial charge in [0, 0.05) is 17.0 Å². The monoisotopic (exact) mass is 438 g/mol. The van der Waals surface area contributed by atoms with Crippen molar-refractivity contribution in [2.75, 3.05) is 7.11 Å². The van der Waals surface area contributed by atoms with Crippen molar-refractivity contribution in [3.63, 3.8) is 0 Å². The van der Waals surface area contributed by atoms with Gasteiger partial charge in [-0.05, 0) is 68.7 Å². The predicted octanol–water partition coefficient (Wildman–Crippen LogP) is 5.79. The summed E-state index contributed by atoms with van der Waals surface area (Å²) in [5, 5.41) is 2.90. The van der Waals surface area contributed by atoms with Crippen molar-refractivity contribution in [3.05, 3.63) is 75.2 Å². The lowest BCUT2D eigenvalue weighted by molar-refractivity contribution is 0.0668. The molecule has 164 valence electrons. The zero-order valence-electron chi connectivity index (χ0n) is 18.8. The minimum Gasteiger partial charge on any atom is -0.497 e. The van der Waals surface area contributed by atoms with E-state index in [2.05, 4.69) is 33.8 Å². The number of hydrogen-bond donors (Lipinski definition) is 0. The first kappa shape index (κ1) is 22.8. The van der Waals surface area contributed by atoms with Gasteiger partial charge in [0.2, 0.25) is 0 Å². The lowest BCUT2D eigenvalue weighted by atomic mass is 10.1. The summed E-state index contributed by atoms with van der Waals surface area (Å²) in [4.78, 5) is 19.8. The number of methoxy groups -OCH3 is 1. The summed E-state index contributed by atoms with van der Waals surface area (Å²) >= 11 is 1.56. The SMILES string of the molecule is CCC(C)N(Cc1csc(COc2cc(C)cc(C)c2)n1)C(=O)c1cccc(OC)c1. The maximum atomic E-state index is 13.2. The molecule has 3 rings (SSSR count). The topological polar surface area (TPSA) is 51.7 Å². The maximum absolute atomic E-state index is 13.2. The molecule has 0 aliphatic carbocycles. The summed E-state index contributed by atoms with van der Waals surface area (Å²) in [5.41, 5.74) is 3.85. The first-order chi connectivity index (χ1) is 14.9. The lowest BCUT2D eigenvalue weighted by Crippen LogP contribution is -2.37. The van der Waals surface area contributed by atoms with Crippen molar-refractivity contribution in [2.45, 2.75) is 53.3 Å². The van der Waals surface area contributed by atoms with Crippen LogP contribution >= 0.6 is 11.3 Å². The second-order valence-corrected chi connectivity index (χ2v) is 8.71. The Morgan fingerprint density at radius 2 is 1.87 bits per heavy atom. The van der Waals surface area contributed by atoms with E-state index in [0.29, 0.717) is 24.5 Å². The third kappa shape index (κ3) is 6.07. The number of aryl methyl sites for hydroxylation is 2. The molecule has 0 saturated heterocycles. The predicted molar refractivity (Wildman–Crippen MR) is 125 cm³/mol. The molecule has 1 atom stereocenters. The van der Waals surface area contributed by atoms with Crippen LogP contribution < -0.4 is 9.47 Å². The lowest BCUT2D eigenvalue weighted by Gasteiger charge is -2.28. The summed E-state index contributed by atoms with van der Waals surface area (Å²) < 4.78 is 11.2. The highest BCUT2D eigenvalue weighted by molar-refractivity contribution is 7.09. The molecule has 5 nitrogen and oxygen atoms in total. The molecule has 1 unspecified atom stereocenters. The smallest absolute Gasteiger partial charge is 0.254 e. The fourth-order valence-electron chi connectivity index (χ4n) is 3.39. The van der Waals surface area contributed by atoms with E-state index >= 15 is 0 Å². The maximum Gasteiger partial charge on any atom is 0.254 e. The van der Waals surface area contributed by atoms with Crippen molar-refractivity contribution in [3.8, 4) is 11.5 Å². The number of carbonyl (C=O) groups excluding carboxylic acids is 1. The van der Waals surface area contributed by atoms with Crippen LogP contribution in [0.2, 0.25) is 0 Å². The summed E-state index contributed by atoms with van der Waals surface area (Å²) in [6.45, 7) is 9.15. The number of thiazole rings is 1. The molecule has 6 heteroatoms. The van der Waals surface area contributed by atoms with Crippen LogP contribution in [-0.4, -0.2) is 28.9 Å². The van der Waals surface area contributed by atoms with Gasteiger partial charge >= 0.3 is 0 Å². The minimum absolute atomic E-state index is 0.0192. The molecule has 0 bridgehead atoms. The quantitative estimate of drug-likeness (QED) is 0.424. The molecule has 0 spiro atoms. The molecule has 0 aliphatic heterocycles. The van der Waals surface area contributed by atoms with Gasteiger partial charge in [-0.1, -0.05) is 19.1 Å². The number of amides is 1. The van der Waals surface area contributed by atoms with Crippen molar-refractivity contribution in [2.24, 2.45) is 0 Å². The Balaban J connectivity index is 1.70. The zero-order chi connectivity index (χ0) is 22.4. The molecule has 1 amide bonds. The highest BCUT2D eigenvalue weighted by Gasteiger charge is 2.22.